The molecule has 7 heteroatoms. The fourth-order valence-electron chi connectivity index (χ4n) is 4.10. The van der Waals surface area contributed by atoms with Gasteiger partial charge in [-0.3, -0.25) is 4.79 Å². The van der Waals surface area contributed by atoms with Crippen LogP contribution in [-0.2, 0) is 16.2 Å². The molecule has 1 saturated carbocycles. The quantitative estimate of drug-likeness (QED) is 0.591. The molecule has 0 radical (unpaired) electrons. The zero-order chi connectivity index (χ0) is 22.5. The standard InChI is InChI=1S/C25H30N2O5/c1-29-20-9-4-6-17(12-20)15-27(25(28)18-7-5-8-18)16-21-14-22(26-32-21)19-10-11-23(30-2)24(13-19)31-3/h4,6,9-13,18,21H,5,7-8,14-16H2,1-3H3. The molecule has 2 aromatic rings. The summed E-state index contributed by atoms with van der Waals surface area (Å²) in [4.78, 5) is 20.8. The predicted molar refractivity (Wildman–Crippen MR) is 121 cm³/mol. The molecule has 0 bridgehead atoms. The van der Waals surface area contributed by atoms with Crippen LogP contribution in [0.25, 0.3) is 0 Å². The number of oxime groups is 1. The third kappa shape index (κ3) is 4.82. The zero-order valence-corrected chi connectivity index (χ0v) is 18.9. The Kier molecular flexibility index (Phi) is 6.83. The monoisotopic (exact) mass is 438 g/mol. The Labute approximate surface area is 188 Å². The molecule has 1 aliphatic carbocycles. The number of ether oxygens (including phenoxy) is 3. The molecule has 1 heterocycles. The largest absolute Gasteiger partial charge is 0.497 e. The van der Waals surface area contributed by atoms with Gasteiger partial charge in [-0.25, -0.2) is 0 Å². The van der Waals surface area contributed by atoms with E-state index in [-0.39, 0.29) is 17.9 Å². The second-order valence-corrected chi connectivity index (χ2v) is 8.24. The predicted octanol–water partition coefficient (Wildman–Crippen LogP) is 4.03. The van der Waals surface area contributed by atoms with Crippen molar-refractivity contribution in [3.05, 3.63) is 53.6 Å². The third-order valence-electron chi connectivity index (χ3n) is 6.15. The van der Waals surface area contributed by atoms with Gasteiger partial charge in [0.1, 0.15) is 5.75 Å². The Morgan fingerprint density at radius 3 is 2.56 bits per heavy atom. The van der Waals surface area contributed by atoms with Crippen molar-refractivity contribution in [1.82, 2.24) is 4.90 Å². The van der Waals surface area contributed by atoms with Crippen LogP contribution in [0, 0.1) is 5.92 Å². The van der Waals surface area contributed by atoms with E-state index in [1.54, 1.807) is 21.3 Å². The molecule has 170 valence electrons. The molecule has 0 N–H and O–H groups in total. The summed E-state index contributed by atoms with van der Waals surface area (Å²) in [6.45, 7) is 1.02. The van der Waals surface area contributed by atoms with Gasteiger partial charge in [0, 0.05) is 24.4 Å². The van der Waals surface area contributed by atoms with Gasteiger partial charge < -0.3 is 23.9 Å². The molecule has 1 amide bonds. The van der Waals surface area contributed by atoms with Gasteiger partial charge >= 0.3 is 0 Å². The highest BCUT2D eigenvalue weighted by atomic mass is 16.6. The summed E-state index contributed by atoms with van der Waals surface area (Å²) in [5.74, 6) is 2.42. The molecule has 2 aromatic carbocycles. The van der Waals surface area contributed by atoms with Gasteiger partial charge in [-0.15, -0.1) is 0 Å². The van der Waals surface area contributed by atoms with Crippen LogP contribution in [0.2, 0.25) is 0 Å². The van der Waals surface area contributed by atoms with Crippen molar-refractivity contribution in [3.63, 3.8) is 0 Å². The Morgan fingerprint density at radius 2 is 1.88 bits per heavy atom. The lowest BCUT2D eigenvalue weighted by atomic mass is 9.84. The number of hydrogen-bond acceptors (Lipinski definition) is 6. The van der Waals surface area contributed by atoms with Crippen LogP contribution >= 0.6 is 0 Å². The summed E-state index contributed by atoms with van der Waals surface area (Å²) in [5.41, 5.74) is 2.80. The van der Waals surface area contributed by atoms with Crippen molar-refractivity contribution in [2.24, 2.45) is 11.1 Å². The number of carbonyl (C=O) groups is 1. The van der Waals surface area contributed by atoms with Crippen molar-refractivity contribution in [3.8, 4) is 17.2 Å². The molecule has 0 spiro atoms. The van der Waals surface area contributed by atoms with Crippen LogP contribution in [0.15, 0.2) is 47.6 Å². The zero-order valence-electron chi connectivity index (χ0n) is 18.9. The van der Waals surface area contributed by atoms with Crippen LogP contribution in [0.4, 0.5) is 0 Å². The molecule has 32 heavy (non-hydrogen) atoms. The highest BCUT2D eigenvalue weighted by Gasteiger charge is 2.33. The van der Waals surface area contributed by atoms with Gasteiger partial charge in [0.25, 0.3) is 0 Å². The summed E-state index contributed by atoms with van der Waals surface area (Å²) in [6.07, 6.45) is 3.49. The van der Waals surface area contributed by atoms with Gasteiger partial charge in [0.05, 0.1) is 33.6 Å². The van der Waals surface area contributed by atoms with Crippen LogP contribution in [-0.4, -0.2) is 50.5 Å². The Morgan fingerprint density at radius 1 is 1.06 bits per heavy atom. The minimum Gasteiger partial charge on any atom is -0.497 e. The average Bonchev–Trinajstić information content (AvgIpc) is 3.25. The lowest BCUT2D eigenvalue weighted by Crippen LogP contribution is -2.42. The molecule has 2 aliphatic rings. The van der Waals surface area contributed by atoms with Gasteiger partial charge in [-0.1, -0.05) is 23.7 Å². The summed E-state index contributed by atoms with van der Waals surface area (Å²) < 4.78 is 16.1. The first kappa shape index (κ1) is 22.0. The molecule has 7 nitrogen and oxygen atoms in total. The van der Waals surface area contributed by atoms with Crippen LogP contribution in [0.3, 0.4) is 0 Å². The van der Waals surface area contributed by atoms with E-state index < -0.39 is 0 Å². The van der Waals surface area contributed by atoms with Gasteiger partial charge in [-0.05, 0) is 48.7 Å². The van der Waals surface area contributed by atoms with Gasteiger partial charge in [0.15, 0.2) is 17.6 Å². The number of amides is 1. The average molecular weight is 439 g/mol. The first-order valence-electron chi connectivity index (χ1n) is 11.0. The van der Waals surface area contributed by atoms with Gasteiger partial charge in [-0.2, -0.15) is 0 Å². The van der Waals surface area contributed by atoms with Crippen molar-refractivity contribution < 1.29 is 23.8 Å². The Hall–Kier alpha value is -3.22. The molecular weight excluding hydrogens is 408 g/mol. The highest BCUT2D eigenvalue weighted by Crippen LogP contribution is 2.31. The van der Waals surface area contributed by atoms with E-state index in [4.69, 9.17) is 19.0 Å². The summed E-state index contributed by atoms with van der Waals surface area (Å²) in [7, 11) is 4.87. The molecule has 4 rings (SSSR count). The third-order valence-corrected chi connectivity index (χ3v) is 6.15. The van der Waals surface area contributed by atoms with Crippen LogP contribution < -0.4 is 14.2 Å². The SMILES string of the molecule is COc1cccc(CN(CC2CC(c3ccc(OC)c(OC)c3)=NO2)C(=O)C2CCC2)c1. The first-order valence-corrected chi connectivity index (χ1v) is 11.0. The molecule has 1 fully saturated rings. The van der Waals surface area contributed by atoms with Crippen molar-refractivity contribution in [2.45, 2.75) is 38.3 Å². The fourth-order valence-corrected chi connectivity index (χ4v) is 4.10. The minimum absolute atomic E-state index is 0.119. The normalized spacial score (nSPS) is 17.7. The topological polar surface area (TPSA) is 69.6 Å². The number of carbonyl (C=O) groups excluding carboxylic acids is 1. The van der Waals surface area contributed by atoms with Gasteiger partial charge in [0.2, 0.25) is 5.91 Å². The Balaban J connectivity index is 1.45. The molecule has 1 aliphatic heterocycles. The maximum Gasteiger partial charge on any atom is 0.226 e. The Bertz CT molecular complexity index is 986. The molecular formula is C25H30N2O5. The van der Waals surface area contributed by atoms with Crippen molar-refractivity contribution in [2.75, 3.05) is 27.9 Å². The van der Waals surface area contributed by atoms with E-state index in [1.165, 1.54) is 0 Å². The fraction of sp³-hybridized carbons (Fsp3) is 0.440. The number of nitrogens with zero attached hydrogens (tertiary/aromatic N) is 2. The second-order valence-electron chi connectivity index (χ2n) is 8.24. The van der Waals surface area contributed by atoms with E-state index in [0.29, 0.717) is 31.0 Å². The molecule has 0 aromatic heterocycles. The minimum atomic E-state index is -0.187. The number of methoxy groups -OCH3 is 3. The lowest BCUT2D eigenvalue weighted by Gasteiger charge is -2.32. The lowest BCUT2D eigenvalue weighted by molar-refractivity contribution is -0.140. The van der Waals surface area contributed by atoms with E-state index in [9.17, 15) is 4.79 Å². The summed E-state index contributed by atoms with van der Waals surface area (Å²) in [6, 6.07) is 13.6. The first-order chi connectivity index (χ1) is 15.6. The smallest absolute Gasteiger partial charge is 0.226 e. The van der Waals surface area contributed by atoms with E-state index in [2.05, 4.69) is 5.16 Å². The van der Waals surface area contributed by atoms with E-state index in [0.717, 1.165) is 41.9 Å². The summed E-state index contributed by atoms with van der Waals surface area (Å²) in [5, 5.41) is 4.31. The number of benzene rings is 2. The van der Waals surface area contributed by atoms with E-state index >= 15 is 0 Å². The van der Waals surface area contributed by atoms with Crippen molar-refractivity contribution in [1.29, 1.82) is 0 Å². The van der Waals surface area contributed by atoms with Crippen LogP contribution in [0.5, 0.6) is 17.2 Å². The molecule has 1 unspecified atom stereocenters. The van der Waals surface area contributed by atoms with Crippen molar-refractivity contribution >= 4 is 11.6 Å². The number of rotatable bonds is 9. The second kappa shape index (κ2) is 9.94. The maximum absolute atomic E-state index is 13.1. The molecule has 0 saturated heterocycles. The molecule has 1 atom stereocenters. The maximum atomic E-state index is 13.1. The highest BCUT2D eigenvalue weighted by molar-refractivity contribution is 6.01. The van der Waals surface area contributed by atoms with E-state index in [1.807, 2.05) is 47.4 Å². The number of hydrogen-bond donors (Lipinski definition) is 0. The summed E-state index contributed by atoms with van der Waals surface area (Å²) >= 11 is 0. The van der Waals surface area contributed by atoms with Crippen LogP contribution in [0.1, 0.15) is 36.8 Å².